The number of carbonyl (C=O) groups is 1. The Labute approximate surface area is 177 Å². The van der Waals surface area contributed by atoms with E-state index in [1.54, 1.807) is 11.3 Å². The molecule has 0 bridgehead atoms. The number of thioether (sulfide) groups is 1. The van der Waals surface area contributed by atoms with E-state index in [1.807, 2.05) is 73.8 Å². The minimum atomic E-state index is -0.469. The van der Waals surface area contributed by atoms with E-state index in [4.69, 9.17) is 0 Å². The van der Waals surface area contributed by atoms with Crippen LogP contribution in [-0.2, 0) is 4.79 Å². The molecule has 2 aromatic heterocycles. The third-order valence-electron chi connectivity index (χ3n) is 4.27. The minimum Gasteiger partial charge on any atom is -0.325 e. The third-order valence-corrected chi connectivity index (χ3v) is 6.26. The predicted octanol–water partition coefficient (Wildman–Crippen LogP) is 5.62. The van der Waals surface area contributed by atoms with Gasteiger partial charge in [0.15, 0.2) is 5.82 Å². The molecule has 1 unspecified atom stereocenters. The largest absolute Gasteiger partial charge is 0.325 e. The van der Waals surface area contributed by atoms with Crippen LogP contribution in [0.5, 0.6) is 0 Å². The zero-order valence-corrected chi connectivity index (χ0v) is 17.7. The molecule has 2 heterocycles. The van der Waals surface area contributed by atoms with Crippen LogP contribution in [0.25, 0.3) is 10.7 Å². The molecule has 2 aromatic carbocycles. The number of nitrogens with one attached hydrogen (secondary N) is 2. The van der Waals surface area contributed by atoms with Crippen molar-refractivity contribution >= 4 is 34.7 Å². The van der Waals surface area contributed by atoms with E-state index >= 15 is 0 Å². The van der Waals surface area contributed by atoms with Crippen molar-refractivity contribution in [2.24, 2.45) is 0 Å². The standard InChI is InChI=1S/C22H20N4OS2/c1-14-11-15(2)13-17(12-14)23-21(27)19(16-7-4-3-5-8-16)29-22-24-20(25-26-22)18-9-6-10-28-18/h3-13,19H,1-2H3,(H,23,27)(H,24,25,26). The van der Waals surface area contributed by atoms with Crippen LogP contribution in [0.3, 0.4) is 0 Å². The molecule has 146 valence electrons. The fourth-order valence-corrected chi connectivity index (χ4v) is 4.66. The number of anilines is 1. The van der Waals surface area contributed by atoms with Gasteiger partial charge >= 0.3 is 0 Å². The maximum Gasteiger partial charge on any atom is 0.242 e. The van der Waals surface area contributed by atoms with E-state index < -0.39 is 5.25 Å². The molecule has 0 aliphatic carbocycles. The molecule has 0 aliphatic heterocycles. The second-order valence-electron chi connectivity index (χ2n) is 6.72. The van der Waals surface area contributed by atoms with E-state index in [9.17, 15) is 4.79 Å². The highest BCUT2D eigenvalue weighted by molar-refractivity contribution is 8.00. The average Bonchev–Trinajstić information content (AvgIpc) is 3.37. The first-order valence-corrected chi connectivity index (χ1v) is 10.9. The van der Waals surface area contributed by atoms with Gasteiger partial charge in [0.2, 0.25) is 11.1 Å². The monoisotopic (exact) mass is 420 g/mol. The van der Waals surface area contributed by atoms with Crippen molar-refractivity contribution in [1.82, 2.24) is 15.2 Å². The first-order chi connectivity index (χ1) is 14.1. The Hall–Kier alpha value is -2.90. The number of nitrogens with zero attached hydrogens (tertiary/aromatic N) is 2. The van der Waals surface area contributed by atoms with Crippen LogP contribution in [0.2, 0.25) is 0 Å². The average molecular weight is 421 g/mol. The van der Waals surface area contributed by atoms with E-state index in [-0.39, 0.29) is 5.91 Å². The molecule has 0 spiro atoms. The van der Waals surface area contributed by atoms with Gasteiger partial charge in [0.25, 0.3) is 0 Å². The maximum absolute atomic E-state index is 13.2. The minimum absolute atomic E-state index is 0.103. The van der Waals surface area contributed by atoms with Gasteiger partial charge in [-0.25, -0.2) is 4.98 Å². The summed E-state index contributed by atoms with van der Waals surface area (Å²) >= 11 is 2.93. The number of benzene rings is 2. The van der Waals surface area contributed by atoms with E-state index in [2.05, 4.69) is 26.6 Å². The Kier molecular flexibility index (Phi) is 5.78. The summed E-state index contributed by atoms with van der Waals surface area (Å²) < 4.78 is 0. The van der Waals surface area contributed by atoms with E-state index in [1.165, 1.54) is 11.8 Å². The Morgan fingerprint density at radius 3 is 2.52 bits per heavy atom. The number of H-pyrrole nitrogens is 1. The van der Waals surface area contributed by atoms with E-state index in [0.29, 0.717) is 11.0 Å². The summed E-state index contributed by atoms with van der Waals surface area (Å²) in [5.41, 5.74) is 3.92. The summed E-state index contributed by atoms with van der Waals surface area (Å²) in [6.07, 6.45) is 0. The van der Waals surface area contributed by atoms with E-state index in [0.717, 1.165) is 27.3 Å². The number of aryl methyl sites for hydroxylation is 2. The highest BCUT2D eigenvalue weighted by atomic mass is 32.2. The molecule has 0 saturated heterocycles. The molecule has 4 aromatic rings. The molecular weight excluding hydrogens is 400 g/mol. The molecule has 1 atom stereocenters. The van der Waals surface area contributed by atoms with Crippen molar-refractivity contribution in [3.05, 3.63) is 82.7 Å². The van der Waals surface area contributed by atoms with Gasteiger partial charge < -0.3 is 5.32 Å². The van der Waals surface area contributed by atoms with Gasteiger partial charge in [-0.05, 0) is 54.1 Å². The first kappa shape index (κ1) is 19.4. The Morgan fingerprint density at radius 1 is 1.07 bits per heavy atom. The van der Waals surface area contributed by atoms with Crippen molar-refractivity contribution in [2.45, 2.75) is 24.3 Å². The molecule has 2 N–H and O–H groups in total. The molecule has 7 heteroatoms. The summed E-state index contributed by atoms with van der Waals surface area (Å²) in [5, 5.41) is 12.4. The Morgan fingerprint density at radius 2 is 1.83 bits per heavy atom. The normalized spacial score (nSPS) is 11.9. The predicted molar refractivity (Wildman–Crippen MR) is 119 cm³/mol. The number of amides is 1. The molecule has 0 fully saturated rings. The van der Waals surface area contributed by atoms with Gasteiger partial charge in [-0.1, -0.05) is 54.2 Å². The zero-order valence-electron chi connectivity index (χ0n) is 16.0. The van der Waals surface area contributed by atoms with Gasteiger partial charge in [0, 0.05) is 5.69 Å². The molecule has 0 aliphatic rings. The lowest BCUT2D eigenvalue weighted by molar-refractivity contribution is -0.115. The number of rotatable bonds is 6. The van der Waals surface area contributed by atoms with Crippen LogP contribution >= 0.6 is 23.1 Å². The molecular formula is C22H20N4OS2. The van der Waals surface area contributed by atoms with Crippen LogP contribution in [0.4, 0.5) is 5.69 Å². The summed E-state index contributed by atoms with van der Waals surface area (Å²) in [6, 6.07) is 19.7. The second-order valence-corrected chi connectivity index (χ2v) is 8.74. The summed E-state index contributed by atoms with van der Waals surface area (Å²) in [4.78, 5) is 18.8. The molecule has 0 radical (unpaired) electrons. The second kappa shape index (κ2) is 8.63. The van der Waals surface area contributed by atoms with Gasteiger partial charge in [0.05, 0.1) is 4.88 Å². The first-order valence-electron chi connectivity index (χ1n) is 9.15. The van der Waals surface area contributed by atoms with Crippen LogP contribution in [-0.4, -0.2) is 21.1 Å². The quantitative estimate of drug-likeness (QED) is 0.397. The van der Waals surface area contributed by atoms with Crippen LogP contribution in [0.1, 0.15) is 21.9 Å². The summed E-state index contributed by atoms with van der Waals surface area (Å²) in [5.74, 6) is 0.609. The number of hydrogen-bond acceptors (Lipinski definition) is 5. The summed E-state index contributed by atoms with van der Waals surface area (Å²) in [7, 11) is 0. The lowest BCUT2D eigenvalue weighted by Gasteiger charge is -2.16. The molecule has 29 heavy (non-hydrogen) atoms. The lowest BCUT2D eigenvalue weighted by atomic mass is 10.1. The van der Waals surface area contributed by atoms with Crippen LogP contribution in [0.15, 0.2) is 71.2 Å². The highest BCUT2D eigenvalue weighted by Gasteiger charge is 2.24. The van der Waals surface area contributed by atoms with Crippen molar-refractivity contribution in [3.63, 3.8) is 0 Å². The van der Waals surface area contributed by atoms with Gasteiger partial charge in [-0.3, -0.25) is 9.89 Å². The number of aromatic amines is 1. The van der Waals surface area contributed by atoms with Gasteiger partial charge in [-0.2, -0.15) is 0 Å². The zero-order chi connectivity index (χ0) is 20.2. The van der Waals surface area contributed by atoms with Crippen LogP contribution < -0.4 is 5.32 Å². The number of carbonyl (C=O) groups excluding carboxylic acids is 1. The highest BCUT2D eigenvalue weighted by Crippen LogP contribution is 2.35. The topological polar surface area (TPSA) is 70.7 Å². The molecule has 0 saturated carbocycles. The van der Waals surface area contributed by atoms with Crippen molar-refractivity contribution in [1.29, 1.82) is 0 Å². The molecule has 4 rings (SSSR count). The van der Waals surface area contributed by atoms with Crippen molar-refractivity contribution in [2.75, 3.05) is 5.32 Å². The smallest absolute Gasteiger partial charge is 0.242 e. The van der Waals surface area contributed by atoms with Gasteiger partial charge in [0.1, 0.15) is 5.25 Å². The Bertz CT molecular complexity index is 1090. The lowest BCUT2D eigenvalue weighted by Crippen LogP contribution is -2.19. The Balaban J connectivity index is 1.59. The summed E-state index contributed by atoms with van der Waals surface area (Å²) in [6.45, 7) is 4.04. The third kappa shape index (κ3) is 4.75. The SMILES string of the molecule is Cc1cc(C)cc(NC(=O)C(Sc2n[nH]c(-c3cccs3)n2)c2ccccc2)c1. The van der Waals surface area contributed by atoms with Crippen molar-refractivity contribution in [3.8, 4) is 10.7 Å². The number of hydrogen-bond donors (Lipinski definition) is 2. The fourth-order valence-electron chi connectivity index (χ4n) is 3.08. The van der Waals surface area contributed by atoms with Crippen LogP contribution in [0, 0.1) is 13.8 Å². The molecule has 1 amide bonds. The number of thiophene rings is 1. The van der Waals surface area contributed by atoms with Crippen molar-refractivity contribution < 1.29 is 4.79 Å². The number of aromatic nitrogens is 3. The molecule has 5 nitrogen and oxygen atoms in total. The fraction of sp³-hybridized carbons (Fsp3) is 0.136. The van der Waals surface area contributed by atoms with Gasteiger partial charge in [-0.15, -0.1) is 16.4 Å². The maximum atomic E-state index is 13.2.